The van der Waals surface area contributed by atoms with Gasteiger partial charge < -0.3 is 20.1 Å². The highest BCUT2D eigenvalue weighted by molar-refractivity contribution is 5.33. The molecule has 0 spiro atoms. The van der Waals surface area contributed by atoms with E-state index in [1.807, 2.05) is 0 Å². The molecule has 0 aromatic heterocycles. The number of piperidine rings is 1. The Balaban J connectivity index is 1.59. The second kappa shape index (κ2) is 7.85. The fraction of sp³-hybridized carbons (Fsp3) is 0.700. The average molecular weight is 332 g/mol. The van der Waals surface area contributed by atoms with Gasteiger partial charge in [0.2, 0.25) is 0 Å². The summed E-state index contributed by atoms with van der Waals surface area (Å²) < 4.78 is 11.9. The second-order valence-electron chi connectivity index (χ2n) is 7.61. The van der Waals surface area contributed by atoms with E-state index in [1.165, 1.54) is 5.56 Å². The fourth-order valence-corrected chi connectivity index (χ4v) is 3.95. The minimum atomic E-state index is -0.0145. The van der Waals surface area contributed by atoms with Gasteiger partial charge in [-0.1, -0.05) is 12.1 Å². The van der Waals surface area contributed by atoms with Gasteiger partial charge in [0.05, 0.1) is 6.61 Å². The van der Waals surface area contributed by atoms with Gasteiger partial charge in [0.25, 0.3) is 0 Å². The number of benzene rings is 1. The number of hydrogen-bond acceptors (Lipinski definition) is 4. The first kappa shape index (κ1) is 17.7. The van der Waals surface area contributed by atoms with E-state index in [2.05, 4.69) is 43.0 Å². The van der Waals surface area contributed by atoms with Crippen molar-refractivity contribution in [3.8, 4) is 5.75 Å². The lowest BCUT2D eigenvalue weighted by Crippen LogP contribution is -2.42. The van der Waals surface area contributed by atoms with E-state index in [4.69, 9.17) is 15.2 Å². The van der Waals surface area contributed by atoms with Crippen LogP contribution >= 0.6 is 0 Å². The van der Waals surface area contributed by atoms with Crippen LogP contribution in [0.15, 0.2) is 24.3 Å². The summed E-state index contributed by atoms with van der Waals surface area (Å²) in [6, 6.07) is 9.21. The van der Waals surface area contributed by atoms with Gasteiger partial charge in [-0.15, -0.1) is 0 Å². The molecule has 0 saturated carbocycles. The van der Waals surface area contributed by atoms with Gasteiger partial charge >= 0.3 is 0 Å². The molecule has 4 nitrogen and oxygen atoms in total. The molecule has 134 valence electrons. The first-order chi connectivity index (χ1) is 11.6. The van der Waals surface area contributed by atoms with Crippen LogP contribution in [0.2, 0.25) is 0 Å². The first-order valence-electron chi connectivity index (χ1n) is 9.42. The summed E-state index contributed by atoms with van der Waals surface area (Å²) in [5, 5.41) is 0. The monoisotopic (exact) mass is 332 g/mol. The Hall–Kier alpha value is -1.10. The highest BCUT2D eigenvalue weighted by Crippen LogP contribution is 2.33. The number of nitrogens with zero attached hydrogens (tertiary/aromatic N) is 1. The summed E-state index contributed by atoms with van der Waals surface area (Å²) in [6.07, 6.45) is 4.76. The zero-order valence-electron chi connectivity index (χ0n) is 15.2. The lowest BCUT2D eigenvalue weighted by Gasteiger charge is -2.37. The zero-order valence-corrected chi connectivity index (χ0v) is 15.2. The van der Waals surface area contributed by atoms with Gasteiger partial charge in [-0.05, 0) is 57.2 Å². The van der Waals surface area contributed by atoms with Crippen LogP contribution in [0, 0.1) is 0 Å². The summed E-state index contributed by atoms with van der Waals surface area (Å²) in [5.41, 5.74) is 7.35. The van der Waals surface area contributed by atoms with Gasteiger partial charge in [-0.2, -0.15) is 0 Å². The van der Waals surface area contributed by atoms with Crippen molar-refractivity contribution in [3.63, 3.8) is 0 Å². The molecule has 2 aliphatic heterocycles. The van der Waals surface area contributed by atoms with Crippen molar-refractivity contribution < 1.29 is 9.47 Å². The molecule has 3 rings (SSSR count). The highest BCUT2D eigenvalue weighted by Gasteiger charge is 2.33. The first-order valence-corrected chi connectivity index (χ1v) is 9.42. The Labute approximate surface area is 146 Å². The van der Waals surface area contributed by atoms with Crippen molar-refractivity contribution in [1.29, 1.82) is 0 Å². The van der Waals surface area contributed by atoms with Crippen molar-refractivity contribution in [2.45, 2.75) is 57.1 Å². The largest absolute Gasteiger partial charge is 0.490 e. The van der Waals surface area contributed by atoms with E-state index in [9.17, 15) is 0 Å². The number of hydrogen-bond donors (Lipinski definition) is 1. The maximum absolute atomic E-state index is 6.20. The molecule has 2 saturated heterocycles. The average Bonchev–Trinajstić information content (AvgIpc) is 2.63. The summed E-state index contributed by atoms with van der Waals surface area (Å²) in [4.78, 5) is 2.52. The Kier molecular flexibility index (Phi) is 5.80. The van der Waals surface area contributed by atoms with Gasteiger partial charge in [0, 0.05) is 37.7 Å². The van der Waals surface area contributed by atoms with Crippen LogP contribution in [0.1, 0.15) is 45.1 Å². The minimum Gasteiger partial charge on any atom is -0.490 e. The van der Waals surface area contributed by atoms with Crippen LogP contribution < -0.4 is 10.5 Å². The van der Waals surface area contributed by atoms with Gasteiger partial charge in [0.15, 0.2) is 0 Å². The number of nitrogens with two attached hydrogens (primary N) is 1. The van der Waals surface area contributed by atoms with Crippen LogP contribution in [0.25, 0.3) is 0 Å². The number of ether oxygens (including phenoxy) is 2. The molecular weight excluding hydrogens is 300 g/mol. The standard InChI is InChI=1S/C20H32N2O2/c1-16(2)22-11-8-19(9-12-22)24-18-6-4-17(5-7-18)20(14-21)10-3-13-23-15-20/h4-7,16,19H,3,8-15,21H2,1-2H3. The molecule has 2 fully saturated rings. The molecule has 0 aliphatic carbocycles. The molecule has 1 aromatic carbocycles. The van der Waals surface area contributed by atoms with Crippen LogP contribution in [-0.2, 0) is 10.2 Å². The summed E-state index contributed by atoms with van der Waals surface area (Å²) in [6.45, 7) is 9.03. The molecule has 2 aliphatic rings. The van der Waals surface area contributed by atoms with Crippen LogP contribution in [-0.4, -0.2) is 49.9 Å². The molecule has 0 amide bonds. The molecule has 1 atom stereocenters. The third kappa shape index (κ3) is 3.93. The molecule has 0 radical (unpaired) electrons. The smallest absolute Gasteiger partial charge is 0.119 e. The van der Waals surface area contributed by atoms with Crippen molar-refractivity contribution >= 4 is 0 Å². The minimum absolute atomic E-state index is 0.0145. The molecule has 1 unspecified atom stereocenters. The third-order valence-electron chi connectivity index (χ3n) is 5.69. The lowest BCUT2D eigenvalue weighted by molar-refractivity contribution is 0.0376. The van der Waals surface area contributed by atoms with Crippen LogP contribution in [0.4, 0.5) is 0 Å². The van der Waals surface area contributed by atoms with E-state index >= 15 is 0 Å². The number of rotatable bonds is 5. The van der Waals surface area contributed by atoms with Gasteiger partial charge in [-0.3, -0.25) is 0 Å². The van der Waals surface area contributed by atoms with E-state index < -0.39 is 0 Å². The van der Waals surface area contributed by atoms with Crippen LogP contribution in [0.5, 0.6) is 5.75 Å². The maximum Gasteiger partial charge on any atom is 0.119 e. The summed E-state index contributed by atoms with van der Waals surface area (Å²) >= 11 is 0. The van der Waals surface area contributed by atoms with E-state index in [1.54, 1.807) is 0 Å². The highest BCUT2D eigenvalue weighted by atomic mass is 16.5. The molecule has 0 bridgehead atoms. The third-order valence-corrected chi connectivity index (χ3v) is 5.69. The quantitative estimate of drug-likeness (QED) is 0.900. The van der Waals surface area contributed by atoms with Gasteiger partial charge in [0.1, 0.15) is 11.9 Å². The topological polar surface area (TPSA) is 47.7 Å². The molecule has 4 heteroatoms. The molecule has 2 heterocycles. The van der Waals surface area contributed by atoms with Crippen molar-refractivity contribution in [1.82, 2.24) is 4.90 Å². The summed E-state index contributed by atoms with van der Waals surface area (Å²) in [7, 11) is 0. The van der Waals surface area contributed by atoms with Crippen molar-refractivity contribution in [2.24, 2.45) is 5.73 Å². The van der Waals surface area contributed by atoms with Crippen molar-refractivity contribution in [2.75, 3.05) is 32.8 Å². The molecule has 24 heavy (non-hydrogen) atoms. The predicted molar refractivity (Wildman–Crippen MR) is 97.6 cm³/mol. The Morgan fingerprint density at radius 1 is 1.25 bits per heavy atom. The number of likely N-dealkylation sites (tertiary alicyclic amines) is 1. The van der Waals surface area contributed by atoms with E-state index in [0.717, 1.165) is 57.7 Å². The summed E-state index contributed by atoms with van der Waals surface area (Å²) in [5.74, 6) is 0.977. The SMILES string of the molecule is CC(C)N1CCC(Oc2ccc(C3(CN)CCCOC3)cc2)CC1. The van der Waals surface area contributed by atoms with E-state index in [0.29, 0.717) is 18.7 Å². The second-order valence-corrected chi connectivity index (χ2v) is 7.61. The molecular formula is C20H32N2O2. The maximum atomic E-state index is 6.20. The van der Waals surface area contributed by atoms with Gasteiger partial charge in [-0.25, -0.2) is 0 Å². The Morgan fingerprint density at radius 2 is 1.96 bits per heavy atom. The Morgan fingerprint density at radius 3 is 2.50 bits per heavy atom. The van der Waals surface area contributed by atoms with E-state index in [-0.39, 0.29) is 5.41 Å². The zero-order chi connectivity index (χ0) is 17.0. The predicted octanol–water partition coefficient (Wildman–Crippen LogP) is 2.95. The Bertz CT molecular complexity index is 501. The lowest BCUT2D eigenvalue weighted by atomic mass is 9.76. The molecule has 1 aromatic rings. The fourth-order valence-electron chi connectivity index (χ4n) is 3.95. The van der Waals surface area contributed by atoms with Crippen molar-refractivity contribution in [3.05, 3.63) is 29.8 Å². The normalized spacial score (nSPS) is 26.7. The molecule has 2 N–H and O–H groups in total. The van der Waals surface area contributed by atoms with Crippen LogP contribution in [0.3, 0.4) is 0 Å².